The Morgan fingerprint density at radius 2 is 0.727 bits per heavy atom. The van der Waals surface area contributed by atoms with Crippen molar-refractivity contribution in [1.82, 2.24) is 15.0 Å². The lowest BCUT2D eigenvalue weighted by molar-refractivity contribution is 0.670. The highest BCUT2D eigenvalue weighted by atomic mass is 16.3. The number of hydrogen-bond donors (Lipinski definition) is 0. The summed E-state index contributed by atoms with van der Waals surface area (Å²) in [5.74, 6) is 1.85. The second kappa shape index (κ2) is 13.8. The number of furan rings is 1. The molecule has 0 amide bonds. The van der Waals surface area contributed by atoms with Gasteiger partial charge in [-0.25, -0.2) is 15.0 Å². The fourth-order valence-corrected chi connectivity index (χ4v) is 7.44. The Kier molecular flexibility index (Phi) is 8.12. The first kappa shape index (κ1) is 32.2. The molecule has 0 fully saturated rings. The molecule has 4 heteroatoms. The fraction of sp³-hybridized carbons (Fsp3) is 0. The van der Waals surface area contributed by atoms with Gasteiger partial charge in [0.05, 0.1) is 0 Å². The van der Waals surface area contributed by atoms with E-state index >= 15 is 0 Å². The number of aromatic nitrogens is 3. The molecule has 55 heavy (non-hydrogen) atoms. The van der Waals surface area contributed by atoms with E-state index in [4.69, 9.17) is 19.4 Å². The van der Waals surface area contributed by atoms with Crippen molar-refractivity contribution in [3.63, 3.8) is 0 Å². The molecule has 0 saturated heterocycles. The van der Waals surface area contributed by atoms with Crippen LogP contribution in [0.5, 0.6) is 0 Å². The molecule has 0 saturated carbocycles. The van der Waals surface area contributed by atoms with Crippen LogP contribution in [-0.4, -0.2) is 15.0 Å². The zero-order chi connectivity index (χ0) is 36.6. The minimum absolute atomic E-state index is 0.599. The van der Waals surface area contributed by atoms with E-state index in [0.717, 1.165) is 83.1 Å². The average molecular weight is 704 g/mol. The molecular formula is C51H33N3O. The molecule has 8 aromatic carbocycles. The third-order valence-electron chi connectivity index (χ3n) is 10.1. The molecule has 0 N–H and O–H groups in total. The molecule has 2 aromatic heterocycles. The summed E-state index contributed by atoms with van der Waals surface area (Å²) in [4.78, 5) is 15.2. The van der Waals surface area contributed by atoms with Gasteiger partial charge in [-0.15, -0.1) is 0 Å². The van der Waals surface area contributed by atoms with Crippen LogP contribution in [0.15, 0.2) is 205 Å². The van der Waals surface area contributed by atoms with Gasteiger partial charge in [-0.3, -0.25) is 0 Å². The second-order valence-corrected chi connectivity index (χ2v) is 13.6. The van der Waals surface area contributed by atoms with Crippen molar-refractivity contribution in [2.75, 3.05) is 0 Å². The molecule has 0 spiro atoms. The molecule has 258 valence electrons. The zero-order valence-corrected chi connectivity index (χ0v) is 29.8. The normalized spacial score (nSPS) is 11.3. The van der Waals surface area contributed by atoms with Crippen LogP contribution in [0.4, 0.5) is 0 Å². The second-order valence-electron chi connectivity index (χ2n) is 13.6. The summed E-state index contributed by atoms with van der Waals surface area (Å²) < 4.78 is 6.97. The predicted molar refractivity (Wildman–Crippen MR) is 225 cm³/mol. The largest absolute Gasteiger partial charge is 0.455 e. The number of rotatable bonds is 7. The molecule has 10 rings (SSSR count). The van der Waals surface area contributed by atoms with Crippen LogP contribution in [0.3, 0.4) is 0 Å². The topological polar surface area (TPSA) is 51.8 Å². The molecule has 10 aromatic rings. The summed E-state index contributed by atoms with van der Waals surface area (Å²) >= 11 is 0. The number of hydrogen-bond acceptors (Lipinski definition) is 4. The quantitative estimate of drug-likeness (QED) is 0.166. The van der Waals surface area contributed by atoms with E-state index in [0.29, 0.717) is 17.5 Å². The van der Waals surface area contributed by atoms with E-state index in [1.165, 1.54) is 0 Å². The van der Waals surface area contributed by atoms with Crippen molar-refractivity contribution in [2.24, 2.45) is 0 Å². The van der Waals surface area contributed by atoms with Gasteiger partial charge in [0, 0.05) is 33.0 Å². The maximum atomic E-state index is 6.97. The molecule has 0 aliphatic heterocycles. The van der Waals surface area contributed by atoms with E-state index in [1.54, 1.807) is 0 Å². The fourth-order valence-electron chi connectivity index (χ4n) is 7.44. The van der Waals surface area contributed by atoms with Crippen molar-refractivity contribution in [3.05, 3.63) is 200 Å². The minimum atomic E-state index is 0.599. The van der Waals surface area contributed by atoms with Gasteiger partial charge in [-0.2, -0.15) is 0 Å². The van der Waals surface area contributed by atoms with Gasteiger partial charge in [0.25, 0.3) is 0 Å². The smallest absolute Gasteiger partial charge is 0.164 e. The van der Waals surface area contributed by atoms with Gasteiger partial charge in [-0.05, 0) is 69.3 Å². The number of para-hydroxylation sites is 1. The van der Waals surface area contributed by atoms with Crippen LogP contribution < -0.4 is 0 Å². The molecule has 0 aliphatic rings. The Morgan fingerprint density at radius 3 is 1.27 bits per heavy atom. The Bertz CT molecular complexity index is 2890. The van der Waals surface area contributed by atoms with Gasteiger partial charge in [-0.1, -0.05) is 170 Å². The summed E-state index contributed by atoms with van der Waals surface area (Å²) in [7, 11) is 0. The van der Waals surface area contributed by atoms with Gasteiger partial charge in [0.2, 0.25) is 0 Å². The van der Waals surface area contributed by atoms with Gasteiger partial charge in [0.1, 0.15) is 11.2 Å². The molecule has 4 nitrogen and oxygen atoms in total. The lowest BCUT2D eigenvalue weighted by Gasteiger charge is -2.13. The summed E-state index contributed by atoms with van der Waals surface area (Å²) in [5, 5.41) is 2.16. The Labute approximate surface area is 319 Å². The first-order valence-corrected chi connectivity index (χ1v) is 18.4. The van der Waals surface area contributed by atoms with Crippen LogP contribution in [-0.2, 0) is 0 Å². The standard InChI is InChI=1S/C51H33N3O/c1-6-17-34(18-7-1)39-29-41(31-42(30-39)51-53-49(37-23-12-4-13-24-37)52-50(54-51)38-25-14-5-15-26-38)43-27-16-28-44-47-45(36-21-10-3-11-22-36)32-40(33-46(47)55-48(43)44)35-19-8-2-9-20-35/h1-33H. The molecule has 2 heterocycles. The highest BCUT2D eigenvalue weighted by molar-refractivity contribution is 6.16. The predicted octanol–water partition coefficient (Wildman–Crippen LogP) is 13.4. The molecular weight excluding hydrogens is 671 g/mol. The van der Waals surface area contributed by atoms with Crippen LogP contribution in [0.2, 0.25) is 0 Å². The van der Waals surface area contributed by atoms with Crippen LogP contribution >= 0.6 is 0 Å². The van der Waals surface area contributed by atoms with Crippen molar-refractivity contribution in [3.8, 4) is 78.7 Å². The minimum Gasteiger partial charge on any atom is -0.455 e. The van der Waals surface area contributed by atoms with E-state index in [9.17, 15) is 0 Å². The lowest BCUT2D eigenvalue weighted by atomic mass is 9.92. The first-order chi connectivity index (χ1) is 27.2. The summed E-state index contributed by atoms with van der Waals surface area (Å²) in [6.45, 7) is 0. The maximum Gasteiger partial charge on any atom is 0.164 e. The third kappa shape index (κ3) is 6.16. The number of benzene rings is 8. The van der Waals surface area contributed by atoms with Crippen LogP contribution in [0.25, 0.3) is 101 Å². The highest BCUT2D eigenvalue weighted by Gasteiger charge is 2.20. The molecule has 0 bridgehead atoms. The van der Waals surface area contributed by atoms with Crippen molar-refractivity contribution in [2.45, 2.75) is 0 Å². The highest BCUT2D eigenvalue weighted by Crippen LogP contribution is 2.44. The SMILES string of the molecule is c1ccc(-c2cc(-c3nc(-c4ccccc4)nc(-c4ccccc4)n3)cc(-c3cccc4c3oc3cc(-c5ccccc5)cc(-c5ccccc5)c34)c2)cc1. The van der Waals surface area contributed by atoms with Crippen molar-refractivity contribution in [1.29, 1.82) is 0 Å². The zero-order valence-electron chi connectivity index (χ0n) is 29.8. The van der Waals surface area contributed by atoms with Crippen molar-refractivity contribution < 1.29 is 4.42 Å². The molecule has 0 aliphatic carbocycles. The van der Waals surface area contributed by atoms with E-state index < -0.39 is 0 Å². The monoisotopic (exact) mass is 703 g/mol. The van der Waals surface area contributed by atoms with Gasteiger partial charge < -0.3 is 4.42 Å². The molecule has 0 radical (unpaired) electrons. The van der Waals surface area contributed by atoms with E-state index in [1.807, 2.05) is 72.8 Å². The number of nitrogens with zero attached hydrogens (tertiary/aromatic N) is 3. The molecule has 0 unspecified atom stereocenters. The van der Waals surface area contributed by atoms with E-state index in [-0.39, 0.29) is 0 Å². The Hall–Kier alpha value is -7.43. The van der Waals surface area contributed by atoms with Crippen LogP contribution in [0.1, 0.15) is 0 Å². The average Bonchev–Trinajstić information content (AvgIpc) is 3.66. The lowest BCUT2D eigenvalue weighted by Crippen LogP contribution is -2.00. The Balaban J connectivity index is 1.22. The van der Waals surface area contributed by atoms with Crippen molar-refractivity contribution >= 4 is 21.9 Å². The maximum absolute atomic E-state index is 6.97. The molecule has 0 atom stereocenters. The summed E-state index contributed by atoms with van der Waals surface area (Å²) in [6, 6.07) is 69.2. The number of fused-ring (bicyclic) bond motifs is 3. The summed E-state index contributed by atoms with van der Waals surface area (Å²) in [6.07, 6.45) is 0. The Morgan fingerprint density at radius 1 is 0.291 bits per heavy atom. The van der Waals surface area contributed by atoms with Gasteiger partial charge in [0.15, 0.2) is 17.5 Å². The van der Waals surface area contributed by atoms with Gasteiger partial charge >= 0.3 is 0 Å². The van der Waals surface area contributed by atoms with E-state index in [2.05, 4.69) is 127 Å². The van der Waals surface area contributed by atoms with Crippen LogP contribution in [0, 0.1) is 0 Å². The first-order valence-electron chi connectivity index (χ1n) is 18.4. The summed E-state index contributed by atoms with van der Waals surface area (Å²) in [5.41, 5.74) is 13.1. The third-order valence-corrected chi connectivity index (χ3v) is 10.1.